The third kappa shape index (κ3) is 2.72. The zero-order valence-corrected chi connectivity index (χ0v) is 15.4. The molecular formula is C22H21N3O3. The lowest BCUT2D eigenvalue weighted by molar-refractivity contribution is 0.0642. The van der Waals surface area contributed by atoms with Crippen LogP contribution in [-0.2, 0) is 6.54 Å². The molecule has 0 aromatic heterocycles. The Labute approximate surface area is 163 Å². The highest BCUT2D eigenvalue weighted by atomic mass is 16.2. The van der Waals surface area contributed by atoms with Crippen molar-refractivity contribution in [3.05, 3.63) is 70.8 Å². The van der Waals surface area contributed by atoms with Crippen molar-refractivity contribution in [2.75, 3.05) is 26.2 Å². The minimum atomic E-state index is -0.280. The summed E-state index contributed by atoms with van der Waals surface area (Å²) in [6.45, 7) is 3.71. The first-order valence-electron chi connectivity index (χ1n) is 9.66. The fourth-order valence-corrected chi connectivity index (χ4v) is 4.57. The van der Waals surface area contributed by atoms with Gasteiger partial charge in [-0.05, 0) is 41.7 Å². The maximum absolute atomic E-state index is 12.9. The van der Waals surface area contributed by atoms with Crippen LogP contribution in [0.3, 0.4) is 0 Å². The van der Waals surface area contributed by atoms with Crippen molar-refractivity contribution < 1.29 is 14.4 Å². The van der Waals surface area contributed by atoms with Gasteiger partial charge >= 0.3 is 0 Å². The molecule has 0 unspecified atom stereocenters. The van der Waals surface area contributed by atoms with Gasteiger partial charge in [0.1, 0.15) is 0 Å². The molecule has 0 bridgehead atoms. The number of carbonyl (C=O) groups is 3. The first kappa shape index (κ1) is 17.1. The number of amides is 3. The van der Waals surface area contributed by atoms with Crippen molar-refractivity contribution in [2.24, 2.45) is 11.8 Å². The van der Waals surface area contributed by atoms with E-state index in [4.69, 9.17) is 0 Å². The Hall–Kier alpha value is -2.99. The van der Waals surface area contributed by atoms with E-state index in [1.54, 1.807) is 36.4 Å². The Morgan fingerprint density at radius 1 is 0.929 bits per heavy atom. The molecule has 0 aliphatic carbocycles. The number of benzene rings is 2. The third-order valence-electron chi connectivity index (χ3n) is 6.07. The molecule has 28 heavy (non-hydrogen) atoms. The molecule has 3 aliphatic heterocycles. The highest BCUT2D eigenvalue weighted by Crippen LogP contribution is 2.28. The second-order valence-electron chi connectivity index (χ2n) is 7.83. The molecule has 6 nitrogen and oxygen atoms in total. The van der Waals surface area contributed by atoms with Gasteiger partial charge in [0.25, 0.3) is 17.7 Å². The van der Waals surface area contributed by atoms with Gasteiger partial charge in [0, 0.05) is 31.7 Å². The van der Waals surface area contributed by atoms with Gasteiger partial charge in [-0.15, -0.1) is 0 Å². The van der Waals surface area contributed by atoms with Crippen molar-refractivity contribution in [1.29, 1.82) is 0 Å². The van der Waals surface area contributed by atoms with Gasteiger partial charge in [-0.3, -0.25) is 19.3 Å². The van der Waals surface area contributed by atoms with Gasteiger partial charge < -0.3 is 10.2 Å². The molecule has 2 aromatic carbocycles. The summed E-state index contributed by atoms with van der Waals surface area (Å²) in [5.41, 5.74) is 2.28. The van der Waals surface area contributed by atoms with E-state index >= 15 is 0 Å². The van der Waals surface area contributed by atoms with E-state index in [9.17, 15) is 14.4 Å². The van der Waals surface area contributed by atoms with Crippen LogP contribution in [0.5, 0.6) is 0 Å². The Balaban J connectivity index is 1.33. The maximum Gasteiger partial charge on any atom is 0.261 e. The predicted octanol–water partition coefficient (Wildman–Crippen LogP) is 1.77. The van der Waals surface area contributed by atoms with E-state index in [0.717, 1.165) is 31.7 Å². The largest absolute Gasteiger partial charge is 0.338 e. The molecular weight excluding hydrogens is 354 g/mol. The first-order chi connectivity index (χ1) is 13.6. The molecule has 5 rings (SSSR count). The summed E-state index contributed by atoms with van der Waals surface area (Å²) >= 11 is 0. The lowest BCUT2D eigenvalue weighted by Crippen LogP contribution is -2.32. The van der Waals surface area contributed by atoms with Gasteiger partial charge in [0.05, 0.1) is 17.7 Å². The van der Waals surface area contributed by atoms with Crippen LogP contribution in [0.15, 0.2) is 48.5 Å². The summed E-state index contributed by atoms with van der Waals surface area (Å²) < 4.78 is 0. The highest BCUT2D eigenvalue weighted by molar-refractivity contribution is 6.21. The van der Waals surface area contributed by atoms with Crippen LogP contribution in [0.4, 0.5) is 0 Å². The number of nitrogens with zero attached hydrogens (tertiary/aromatic N) is 2. The number of rotatable bonds is 3. The number of fused-ring (bicyclic) bond motifs is 2. The van der Waals surface area contributed by atoms with Gasteiger partial charge in [0.15, 0.2) is 0 Å². The van der Waals surface area contributed by atoms with E-state index in [2.05, 4.69) is 5.32 Å². The number of imide groups is 1. The van der Waals surface area contributed by atoms with E-state index in [1.165, 1.54) is 4.90 Å². The number of hydrogen-bond donors (Lipinski definition) is 1. The van der Waals surface area contributed by atoms with Gasteiger partial charge in [0.2, 0.25) is 0 Å². The van der Waals surface area contributed by atoms with Crippen LogP contribution in [0, 0.1) is 11.8 Å². The zero-order valence-electron chi connectivity index (χ0n) is 15.4. The number of likely N-dealkylation sites (tertiary alicyclic amines) is 1. The molecule has 3 amide bonds. The Morgan fingerprint density at radius 2 is 1.57 bits per heavy atom. The van der Waals surface area contributed by atoms with Crippen LogP contribution in [0.25, 0.3) is 0 Å². The van der Waals surface area contributed by atoms with Gasteiger partial charge in [-0.25, -0.2) is 0 Å². The Bertz CT molecular complexity index is 939. The van der Waals surface area contributed by atoms with Crippen LogP contribution in [0.1, 0.15) is 36.6 Å². The molecule has 0 spiro atoms. The van der Waals surface area contributed by atoms with Crippen molar-refractivity contribution in [3.63, 3.8) is 0 Å². The van der Waals surface area contributed by atoms with Crippen LogP contribution in [0.2, 0.25) is 0 Å². The Kier molecular flexibility index (Phi) is 4.02. The smallest absolute Gasteiger partial charge is 0.261 e. The van der Waals surface area contributed by atoms with Gasteiger partial charge in [-0.2, -0.15) is 0 Å². The summed E-state index contributed by atoms with van der Waals surface area (Å²) in [5.74, 6) is 0.559. The normalized spacial score (nSPS) is 23.3. The van der Waals surface area contributed by atoms with Crippen LogP contribution >= 0.6 is 0 Å². The summed E-state index contributed by atoms with van der Waals surface area (Å²) in [6.07, 6.45) is 0. The van der Waals surface area contributed by atoms with Crippen molar-refractivity contribution in [3.8, 4) is 0 Å². The molecule has 6 heteroatoms. The average Bonchev–Trinajstić information content (AvgIpc) is 3.38. The van der Waals surface area contributed by atoms with E-state index < -0.39 is 0 Å². The summed E-state index contributed by atoms with van der Waals surface area (Å²) in [5, 5.41) is 3.38. The van der Waals surface area contributed by atoms with Crippen LogP contribution in [-0.4, -0.2) is 53.7 Å². The maximum atomic E-state index is 12.9. The first-order valence-corrected chi connectivity index (χ1v) is 9.66. The predicted molar refractivity (Wildman–Crippen MR) is 103 cm³/mol. The lowest BCUT2D eigenvalue weighted by Gasteiger charge is -2.19. The van der Waals surface area contributed by atoms with E-state index in [1.807, 2.05) is 17.0 Å². The summed E-state index contributed by atoms with van der Waals surface area (Å²) in [7, 11) is 0. The standard InChI is InChI=1S/C22H21N3O3/c26-20(24-12-16-9-23-10-17(16)13-24)15-5-3-4-14(8-15)11-25-21(27)18-6-1-2-7-19(18)22(25)28/h1-8,16-17,23H,9-13H2/t16-,17+. The second kappa shape index (κ2) is 6.56. The second-order valence-corrected chi connectivity index (χ2v) is 7.83. The Morgan fingerprint density at radius 3 is 2.21 bits per heavy atom. The SMILES string of the molecule is O=C(c1cccc(CN2C(=O)c3ccccc3C2=O)c1)N1C[C@H]2CNC[C@H]2C1. The summed E-state index contributed by atoms with van der Waals surface area (Å²) in [4.78, 5) is 41.3. The monoisotopic (exact) mass is 375 g/mol. The molecule has 3 heterocycles. The fraction of sp³-hybridized carbons (Fsp3) is 0.318. The highest BCUT2D eigenvalue weighted by Gasteiger charge is 2.38. The molecule has 0 saturated carbocycles. The topological polar surface area (TPSA) is 69.7 Å². The molecule has 0 radical (unpaired) electrons. The molecule has 2 fully saturated rings. The average molecular weight is 375 g/mol. The molecule has 2 aromatic rings. The molecule has 142 valence electrons. The minimum Gasteiger partial charge on any atom is -0.338 e. The van der Waals surface area contributed by atoms with Crippen LogP contribution < -0.4 is 5.32 Å². The van der Waals surface area contributed by atoms with Gasteiger partial charge in [-0.1, -0.05) is 24.3 Å². The van der Waals surface area contributed by atoms with E-state index in [-0.39, 0.29) is 24.3 Å². The van der Waals surface area contributed by atoms with E-state index in [0.29, 0.717) is 28.5 Å². The van der Waals surface area contributed by atoms with Crippen molar-refractivity contribution in [1.82, 2.24) is 15.1 Å². The quantitative estimate of drug-likeness (QED) is 0.831. The summed E-state index contributed by atoms with van der Waals surface area (Å²) in [6, 6.07) is 14.1. The molecule has 2 saturated heterocycles. The molecule has 2 atom stereocenters. The minimum absolute atomic E-state index is 0.0265. The number of carbonyl (C=O) groups excluding carboxylic acids is 3. The number of nitrogens with one attached hydrogen (secondary N) is 1. The van der Waals surface area contributed by atoms with Crippen molar-refractivity contribution >= 4 is 17.7 Å². The third-order valence-corrected chi connectivity index (χ3v) is 6.07. The van der Waals surface area contributed by atoms with Crippen molar-refractivity contribution in [2.45, 2.75) is 6.54 Å². The number of hydrogen-bond acceptors (Lipinski definition) is 4. The molecule has 1 N–H and O–H groups in total. The zero-order chi connectivity index (χ0) is 19.3. The molecule has 3 aliphatic rings. The lowest BCUT2D eigenvalue weighted by atomic mass is 10.0. The fourth-order valence-electron chi connectivity index (χ4n) is 4.57.